The van der Waals surface area contributed by atoms with Crippen LogP contribution in [0.2, 0.25) is 0 Å². The first kappa shape index (κ1) is 18.3. The van der Waals surface area contributed by atoms with E-state index in [0.717, 1.165) is 38.7 Å². The van der Waals surface area contributed by atoms with Crippen LogP contribution >= 0.6 is 11.3 Å². The fourth-order valence-electron chi connectivity index (χ4n) is 3.41. The maximum absolute atomic E-state index is 12.8. The third-order valence-corrected chi connectivity index (χ3v) is 5.84. The largest absolute Gasteiger partial charge is 0.345 e. The number of fused-ring (bicyclic) bond motifs is 1. The van der Waals surface area contributed by atoms with Crippen molar-refractivity contribution in [1.29, 1.82) is 0 Å². The van der Waals surface area contributed by atoms with Crippen molar-refractivity contribution in [2.24, 2.45) is 0 Å². The average Bonchev–Trinajstić information content (AvgIpc) is 3.49. The molecule has 0 spiro atoms. The molecule has 2 N–H and O–H groups in total. The van der Waals surface area contributed by atoms with Crippen LogP contribution in [-0.4, -0.2) is 25.5 Å². The van der Waals surface area contributed by atoms with E-state index in [-0.39, 0.29) is 5.91 Å². The number of H-pyrrole nitrogens is 1. The highest BCUT2D eigenvalue weighted by Crippen LogP contribution is 2.26. The van der Waals surface area contributed by atoms with Gasteiger partial charge in [0.2, 0.25) is 0 Å². The number of aromatic nitrogens is 4. The van der Waals surface area contributed by atoms with Crippen molar-refractivity contribution in [3.63, 3.8) is 0 Å². The fraction of sp³-hybridized carbons (Fsp3) is 0.0870. The number of benzene rings is 2. The molecule has 0 bridgehead atoms. The summed E-state index contributed by atoms with van der Waals surface area (Å²) in [5.74, 6) is -0.147. The van der Waals surface area contributed by atoms with Crippen LogP contribution in [0, 0.1) is 6.92 Å². The quantitative estimate of drug-likeness (QED) is 0.439. The molecule has 0 saturated carbocycles. The molecule has 0 aliphatic carbocycles. The van der Waals surface area contributed by atoms with Crippen molar-refractivity contribution >= 4 is 22.2 Å². The molecule has 1 amide bonds. The number of hydrogen-bond acceptors (Lipinski definition) is 4. The van der Waals surface area contributed by atoms with Gasteiger partial charge in [-0.25, -0.2) is 4.98 Å². The Morgan fingerprint density at radius 1 is 1.10 bits per heavy atom. The van der Waals surface area contributed by atoms with Crippen molar-refractivity contribution in [1.82, 2.24) is 24.9 Å². The second-order valence-electron chi connectivity index (χ2n) is 7.04. The summed E-state index contributed by atoms with van der Waals surface area (Å²) < 4.78 is 1.85. The van der Waals surface area contributed by atoms with Crippen LogP contribution in [0.4, 0.5) is 0 Å². The molecule has 5 aromatic rings. The number of thiazole rings is 1. The minimum atomic E-state index is -0.147. The molecule has 7 heteroatoms. The number of hydrogen-bond donors (Lipinski definition) is 2. The summed E-state index contributed by atoms with van der Waals surface area (Å²) in [6.07, 6.45) is 1.92. The summed E-state index contributed by atoms with van der Waals surface area (Å²) >= 11 is 1.46. The van der Waals surface area contributed by atoms with Crippen molar-refractivity contribution < 1.29 is 4.79 Å². The number of imidazole rings is 1. The number of nitrogens with one attached hydrogen (secondary N) is 2. The van der Waals surface area contributed by atoms with Gasteiger partial charge in [-0.05, 0) is 18.6 Å². The third kappa shape index (κ3) is 3.40. The lowest BCUT2D eigenvalue weighted by Gasteiger charge is -2.03. The Hall–Kier alpha value is -3.71. The van der Waals surface area contributed by atoms with Gasteiger partial charge in [0.1, 0.15) is 5.69 Å². The van der Waals surface area contributed by atoms with Gasteiger partial charge in [0.05, 0.1) is 23.6 Å². The molecule has 30 heavy (non-hydrogen) atoms. The number of carbonyl (C=O) groups excluding carboxylic acids is 1. The average molecular weight is 414 g/mol. The summed E-state index contributed by atoms with van der Waals surface area (Å²) in [6.45, 7) is 2.43. The maximum atomic E-state index is 12.8. The van der Waals surface area contributed by atoms with E-state index in [1.54, 1.807) is 0 Å². The maximum Gasteiger partial charge on any atom is 0.269 e. The van der Waals surface area contributed by atoms with Crippen molar-refractivity contribution in [2.75, 3.05) is 0 Å². The Morgan fingerprint density at radius 2 is 1.90 bits per heavy atom. The van der Waals surface area contributed by atoms with Crippen LogP contribution in [0.25, 0.3) is 27.5 Å². The second kappa shape index (κ2) is 7.61. The first-order valence-corrected chi connectivity index (χ1v) is 10.5. The Morgan fingerprint density at radius 3 is 2.73 bits per heavy atom. The minimum absolute atomic E-state index is 0.147. The van der Waals surface area contributed by atoms with E-state index in [4.69, 9.17) is 0 Å². The molecule has 0 aliphatic rings. The van der Waals surface area contributed by atoms with Crippen molar-refractivity contribution in [2.45, 2.75) is 13.5 Å². The number of aryl methyl sites for hydroxylation is 1. The number of nitrogens with zero attached hydrogens (tertiary/aromatic N) is 3. The summed E-state index contributed by atoms with van der Waals surface area (Å²) in [5.41, 5.74) is 6.41. The Bertz CT molecular complexity index is 1330. The molecular formula is C23H19N5OS. The first-order chi connectivity index (χ1) is 14.7. The minimum Gasteiger partial charge on any atom is -0.345 e. The van der Waals surface area contributed by atoms with Gasteiger partial charge in [-0.15, -0.1) is 11.3 Å². The van der Waals surface area contributed by atoms with E-state index < -0.39 is 0 Å². The predicted octanol–water partition coefficient (Wildman–Crippen LogP) is 4.69. The third-order valence-electron chi connectivity index (χ3n) is 5.00. The van der Waals surface area contributed by atoms with E-state index >= 15 is 0 Å². The molecule has 6 nitrogen and oxygen atoms in total. The van der Waals surface area contributed by atoms with Crippen LogP contribution < -0.4 is 5.32 Å². The zero-order valence-electron chi connectivity index (χ0n) is 16.3. The summed E-state index contributed by atoms with van der Waals surface area (Å²) in [5, 5.41) is 12.1. The number of aromatic amines is 1. The lowest BCUT2D eigenvalue weighted by molar-refractivity contribution is 0.0945. The fourth-order valence-corrected chi connectivity index (χ4v) is 4.27. The Kier molecular flexibility index (Phi) is 4.65. The normalized spacial score (nSPS) is 11.1. The van der Waals surface area contributed by atoms with E-state index in [9.17, 15) is 4.79 Å². The lowest BCUT2D eigenvalue weighted by atomic mass is 10.1. The van der Waals surface area contributed by atoms with Crippen LogP contribution in [0.15, 0.2) is 72.2 Å². The van der Waals surface area contributed by atoms with Crippen molar-refractivity contribution in [3.8, 4) is 22.5 Å². The summed E-state index contributed by atoms with van der Waals surface area (Å²) in [4.78, 5) is 18.3. The van der Waals surface area contributed by atoms with Gasteiger partial charge in [-0.2, -0.15) is 5.10 Å². The van der Waals surface area contributed by atoms with Gasteiger partial charge >= 0.3 is 0 Å². The number of amides is 1. The topological polar surface area (TPSA) is 75.1 Å². The Balaban J connectivity index is 1.33. The van der Waals surface area contributed by atoms with Gasteiger partial charge < -0.3 is 5.32 Å². The summed E-state index contributed by atoms with van der Waals surface area (Å²) in [7, 11) is 0. The highest BCUT2D eigenvalue weighted by Gasteiger charge is 2.16. The highest BCUT2D eigenvalue weighted by molar-refractivity contribution is 7.15. The molecule has 0 fully saturated rings. The van der Waals surface area contributed by atoms with Gasteiger partial charge in [0.15, 0.2) is 4.96 Å². The van der Waals surface area contributed by atoms with Gasteiger partial charge in [-0.3, -0.25) is 14.3 Å². The number of rotatable bonds is 5. The van der Waals surface area contributed by atoms with Crippen LogP contribution in [0.1, 0.15) is 21.7 Å². The van der Waals surface area contributed by atoms with Gasteiger partial charge in [-0.1, -0.05) is 54.6 Å². The molecule has 0 radical (unpaired) electrons. The molecule has 2 aromatic carbocycles. The monoisotopic (exact) mass is 413 g/mol. The zero-order chi connectivity index (χ0) is 20.5. The van der Waals surface area contributed by atoms with Crippen LogP contribution in [0.5, 0.6) is 0 Å². The first-order valence-electron chi connectivity index (χ1n) is 9.59. The SMILES string of the molecule is Cc1ccccc1-c1cn2c(C(=O)NCc3cc(-c4ccccc4)n[nH]3)csc2n1. The van der Waals surface area contributed by atoms with E-state index in [1.165, 1.54) is 11.3 Å². The Labute approximate surface area is 177 Å². The van der Waals surface area contributed by atoms with Crippen LogP contribution in [-0.2, 0) is 6.54 Å². The van der Waals surface area contributed by atoms with Gasteiger partial charge in [0.25, 0.3) is 5.91 Å². The molecule has 148 valence electrons. The summed E-state index contributed by atoms with van der Waals surface area (Å²) in [6, 6.07) is 20.0. The second-order valence-corrected chi connectivity index (χ2v) is 7.88. The number of carbonyl (C=O) groups is 1. The van der Waals surface area contributed by atoms with E-state index in [2.05, 4.69) is 33.5 Å². The lowest BCUT2D eigenvalue weighted by Crippen LogP contribution is -2.24. The molecule has 0 saturated heterocycles. The predicted molar refractivity (Wildman–Crippen MR) is 118 cm³/mol. The van der Waals surface area contributed by atoms with Crippen molar-refractivity contribution in [3.05, 3.63) is 89.2 Å². The molecule has 3 aromatic heterocycles. The molecular weight excluding hydrogens is 394 g/mol. The van der Waals surface area contributed by atoms with Gasteiger partial charge in [0, 0.05) is 22.7 Å². The highest BCUT2D eigenvalue weighted by atomic mass is 32.1. The molecule has 5 rings (SSSR count). The smallest absolute Gasteiger partial charge is 0.269 e. The van der Waals surface area contributed by atoms with E-state index in [0.29, 0.717) is 12.2 Å². The van der Waals surface area contributed by atoms with Crippen LogP contribution in [0.3, 0.4) is 0 Å². The van der Waals surface area contributed by atoms with E-state index in [1.807, 2.05) is 70.6 Å². The standard InChI is InChI=1S/C23H19N5OS/c1-15-7-5-6-10-18(15)20-13-28-21(14-30-23(28)25-20)22(29)24-12-17-11-19(27-26-17)16-8-3-2-4-9-16/h2-11,13-14H,12H2,1H3,(H,24,29)(H,26,27). The zero-order valence-corrected chi connectivity index (χ0v) is 17.1. The molecule has 0 atom stereocenters. The molecule has 0 aliphatic heterocycles. The molecule has 3 heterocycles. The molecule has 0 unspecified atom stereocenters.